The number of carbonyl (C=O) groups is 2. The number of nitrogens with two attached hydrogens (primary N) is 1. The average molecular weight is 469 g/mol. The normalized spacial score (nSPS) is 14.2. The lowest BCUT2D eigenvalue weighted by molar-refractivity contribution is 0.0660. The second kappa shape index (κ2) is 10.9. The molecular weight excluding hydrogens is 442 g/mol. The number of oxazole rings is 1. The summed E-state index contributed by atoms with van der Waals surface area (Å²) >= 11 is 0. The number of ether oxygens (including phenoxy) is 2. The van der Waals surface area contributed by atoms with Crippen molar-refractivity contribution in [1.29, 1.82) is 0 Å². The Labute approximate surface area is 195 Å². The van der Waals surface area contributed by atoms with E-state index in [0.29, 0.717) is 55.5 Å². The SMILES string of the molecule is Nc1cn(C2CCOCC2)nc1C(=O)CCCCCOc1cc(-c2nc(C(=O)O)co2)ccn1. The van der Waals surface area contributed by atoms with E-state index in [1.165, 1.54) is 6.20 Å². The first-order valence-corrected chi connectivity index (χ1v) is 11.2. The standard InChI is InChI=1S/C23H27N5O6/c24-17-13-28(16-6-10-32-11-7-16)27-21(17)19(29)4-2-1-3-9-33-20-12-15(5-8-25-20)22-26-18(14-34-22)23(30)31/h5,8,12-14,16H,1-4,6-7,9-11,24H2,(H,30,31). The Morgan fingerprint density at radius 2 is 2.06 bits per heavy atom. The number of unbranched alkanes of at least 4 members (excludes halogenated alkanes) is 2. The molecule has 3 N–H and O–H groups in total. The second-order valence-electron chi connectivity index (χ2n) is 8.06. The third-order valence-corrected chi connectivity index (χ3v) is 5.59. The lowest BCUT2D eigenvalue weighted by atomic mass is 10.1. The van der Waals surface area contributed by atoms with Gasteiger partial charge in [0.2, 0.25) is 11.8 Å². The van der Waals surface area contributed by atoms with Crippen LogP contribution in [0, 0.1) is 0 Å². The fourth-order valence-electron chi connectivity index (χ4n) is 3.74. The molecule has 0 aromatic carbocycles. The molecule has 0 radical (unpaired) electrons. The molecule has 0 unspecified atom stereocenters. The van der Waals surface area contributed by atoms with Gasteiger partial charge in [-0.25, -0.2) is 14.8 Å². The monoisotopic (exact) mass is 469 g/mol. The number of aromatic nitrogens is 4. The molecule has 1 aliphatic rings. The van der Waals surface area contributed by atoms with Crippen molar-refractivity contribution in [3.63, 3.8) is 0 Å². The number of ketones is 1. The van der Waals surface area contributed by atoms with Crippen molar-refractivity contribution in [1.82, 2.24) is 19.7 Å². The number of pyridine rings is 1. The van der Waals surface area contributed by atoms with Crippen LogP contribution in [0.25, 0.3) is 11.5 Å². The highest BCUT2D eigenvalue weighted by Gasteiger charge is 2.21. The molecular formula is C23H27N5O6. The van der Waals surface area contributed by atoms with Crippen molar-refractivity contribution in [3.8, 4) is 17.3 Å². The summed E-state index contributed by atoms with van der Waals surface area (Å²) in [6.45, 7) is 1.82. The fraction of sp³-hybridized carbons (Fsp3) is 0.435. The smallest absolute Gasteiger partial charge is 0.357 e. The number of anilines is 1. The molecule has 3 aromatic rings. The maximum absolute atomic E-state index is 12.6. The summed E-state index contributed by atoms with van der Waals surface area (Å²) in [5.41, 5.74) is 7.21. The molecule has 4 rings (SSSR count). The summed E-state index contributed by atoms with van der Waals surface area (Å²) in [6.07, 6.45) is 8.73. The van der Waals surface area contributed by atoms with Gasteiger partial charge in [-0.05, 0) is 38.2 Å². The Morgan fingerprint density at radius 1 is 1.24 bits per heavy atom. The van der Waals surface area contributed by atoms with Gasteiger partial charge in [0.15, 0.2) is 17.2 Å². The van der Waals surface area contributed by atoms with Crippen LogP contribution in [0.3, 0.4) is 0 Å². The van der Waals surface area contributed by atoms with Crippen LogP contribution < -0.4 is 10.5 Å². The molecule has 11 heteroatoms. The largest absolute Gasteiger partial charge is 0.478 e. The number of aromatic carboxylic acids is 1. The number of Topliss-reactive ketones (excluding diaryl/α,β-unsaturated/α-hetero) is 1. The van der Waals surface area contributed by atoms with Crippen LogP contribution >= 0.6 is 0 Å². The molecule has 0 bridgehead atoms. The first-order valence-electron chi connectivity index (χ1n) is 11.2. The van der Waals surface area contributed by atoms with Gasteiger partial charge in [0.1, 0.15) is 6.26 Å². The topological polar surface area (TPSA) is 156 Å². The van der Waals surface area contributed by atoms with Gasteiger partial charge in [0, 0.05) is 43.7 Å². The molecule has 0 spiro atoms. The number of hydrogen-bond donors (Lipinski definition) is 2. The predicted molar refractivity (Wildman–Crippen MR) is 121 cm³/mol. The van der Waals surface area contributed by atoms with Crippen LogP contribution in [0.4, 0.5) is 5.69 Å². The van der Waals surface area contributed by atoms with Gasteiger partial charge in [-0.15, -0.1) is 0 Å². The maximum atomic E-state index is 12.6. The minimum Gasteiger partial charge on any atom is -0.478 e. The van der Waals surface area contributed by atoms with Crippen LogP contribution in [0.2, 0.25) is 0 Å². The molecule has 180 valence electrons. The average Bonchev–Trinajstić information content (AvgIpc) is 3.49. The van der Waals surface area contributed by atoms with Gasteiger partial charge in [-0.1, -0.05) is 0 Å². The van der Waals surface area contributed by atoms with E-state index in [-0.39, 0.29) is 23.4 Å². The third kappa shape index (κ3) is 5.79. The zero-order valence-electron chi connectivity index (χ0n) is 18.7. The lowest BCUT2D eigenvalue weighted by Gasteiger charge is -2.22. The van der Waals surface area contributed by atoms with Gasteiger partial charge in [-0.2, -0.15) is 5.10 Å². The highest BCUT2D eigenvalue weighted by atomic mass is 16.5. The van der Waals surface area contributed by atoms with Crippen molar-refractivity contribution in [3.05, 3.63) is 42.2 Å². The van der Waals surface area contributed by atoms with Gasteiger partial charge < -0.3 is 24.7 Å². The summed E-state index contributed by atoms with van der Waals surface area (Å²) in [5, 5.41) is 13.4. The van der Waals surface area contributed by atoms with E-state index in [2.05, 4.69) is 15.1 Å². The molecule has 1 saturated heterocycles. The molecule has 0 amide bonds. The number of carbonyl (C=O) groups excluding carboxylic acids is 1. The summed E-state index contributed by atoms with van der Waals surface area (Å²) in [5.74, 6) is -0.642. The van der Waals surface area contributed by atoms with Crippen LogP contribution in [0.5, 0.6) is 5.88 Å². The van der Waals surface area contributed by atoms with E-state index in [0.717, 1.165) is 31.9 Å². The van der Waals surface area contributed by atoms with Crippen LogP contribution in [0.1, 0.15) is 65.5 Å². The van der Waals surface area contributed by atoms with Crippen molar-refractivity contribution in [2.45, 2.75) is 44.6 Å². The van der Waals surface area contributed by atoms with Gasteiger partial charge >= 0.3 is 5.97 Å². The van der Waals surface area contributed by atoms with Crippen molar-refractivity contribution in [2.24, 2.45) is 0 Å². The zero-order chi connectivity index (χ0) is 23.9. The molecule has 3 aromatic heterocycles. The number of carboxylic acid groups (broad SMARTS) is 1. The number of hydrogen-bond acceptors (Lipinski definition) is 9. The van der Waals surface area contributed by atoms with E-state index in [9.17, 15) is 9.59 Å². The fourth-order valence-corrected chi connectivity index (χ4v) is 3.74. The molecule has 0 saturated carbocycles. The highest BCUT2D eigenvalue weighted by Crippen LogP contribution is 2.24. The van der Waals surface area contributed by atoms with E-state index in [1.807, 2.05) is 0 Å². The second-order valence-corrected chi connectivity index (χ2v) is 8.06. The van der Waals surface area contributed by atoms with E-state index in [4.69, 9.17) is 24.7 Å². The molecule has 0 aliphatic carbocycles. The van der Waals surface area contributed by atoms with Crippen molar-refractivity contribution < 1.29 is 28.6 Å². The molecule has 11 nitrogen and oxygen atoms in total. The highest BCUT2D eigenvalue weighted by molar-refractivity contribution is 5.98. The summed E-state index contributed by atoms with van der Waals surface area (Å²) in [6, 6.07) is 3.52. The Balaban J connectivity index is 1.19. The van der Waals surface area contributed by atoms with Gasteiger partial charge in [-0.3, -0.25) is 9.48 Å². The minimum absolute atomic E-state index is 0.0507. The first-order chi connectivity index (χ1) is 16.5. The van der Waals surface area contributed by atoms with Gasteiger partial charge in [0.05, 0.1) is 18.3 Å². The Bertz CT molecular complexity index is 1130. The summed E-state index contributed by atoms with van der Waals surface area (Å²) in [7, 11) is 0. The number of nitrogen functional groups attached to an aromatic ring is 1. The summed E-state index contributed by atoms with van der Waals surface area (Å²) in [4.78, 5) is 31.6. The molecule has 0 atom stereocenters. The maximum Gasteiger partial charge on any atom is 0.357 e. The summed E-state index contributed by atoms with van der Waals surface area (Å²) < 4.78 is 18.1. The lowest BCUT2D eigenvalue weighted by Crippen LogP contribution is -2.20. The van der Waals surface area contributed by atoms with Crippen molar-refractivity contribution >= 4 is 17.4 Å². The van der Waals surface area contributed by atoms with Gasteiger partial charge in [0.25, 0.3) is 0 Å². The van der Waals surface area contributed by atoms with Crippen LogP contribution in [0.15, 0.2) is 35.2 Å². The molecule has 4 heterocycles. The molecule has 1 aliphatic heterocycles. The van der Waals surface area contributed by atoms with E-state index in [1.54, 1.807) is 23.0 Å². The first kappa shape index (κ1) is 23.4. The van der Waals surface area contributed by atoms with E-state index < -0.39 is 5.97 Å². The van der Waals surface area contributed by atoms with Crippen LogP contribution in [-0.2, 0) is 4.74 Å². The number of rotatable bonds is 11. The van der Waals surface area contributed by atoms with Crippen molar-refractivity contribution in [2.75, 3.05) is 25.6 Å². The number of nitrogens with zero attached hydrogens (tertiary/aromatic N) is 4. The Kier molecular flexibility index (Phi) is 7.53. The minimum atomic E-state index is -1.16. The Morgan fingerprint density at radius 3 is 2.82 bits per heavy atom. The van der Waals surface area contributed by atoms with E-state index >= 15 is 0 Å². The quantitative estimate of drug-likeness (QED) is 0.315. The molecule has 1 fully saturated rings. The predicted octanol–water partition coefficient (Wildman–Crippen LogP) is 3.39. The number of carboxylic acids is 1. The zero-order valence-corrected chi connectivity index (χ0v) is 18.7. The Hall–Kier alpha value is -3.73. The molecule has 34 heavy (non-hydrogen) atoms. The third-order valence-electron chi connectivity index (χ3n) is 5.59. The van der Waals surface area contributed by atoms with Crippen LogP contribution in [-0.4, -0.2) is 56.4 Å².